The summed E-state index contributed by atoms with van der Waals surface area (Å²) in [6, 6.07) is 9.38. The van der Waals surface area contributed by atoms with Crippen LogP contribution in [0.5, 0.6) is 17.2 Å². The van der Waals surface area contributed by atoms with Crippen molar-refractivity contribution in [1.82, 2.24) is 10.2 Å². The molecule has 2 aliphatic heterocycles. The number of methoxy groups -OCH3 is 1. The highest BCUT2D eigenvalue weighted by Gasteiger charge is 2.32. The van der Waals surface area contributed by atoms with E-state index in [-0.39, 0.29) is 31.4 Å². The van der Waals surface area contributed by atoms with Crippen LogP contribution in [-0.2, 0) is 4.79 Å². The predicted octanol–water partition coefficient (Wildman–Crippen LogP) is 3.19. The normalized spacial score (nSPS) is 16.2. The van der Waals surface area contributed by atoms with Crippen LogP contribution in [0.2, 0.25) is 0 Å². The Hall–Kier alpha value is -3.11. The van der Waals surface area contributed by atoms with E-state index >= 15 is 0 Å². The van der Waals surface area contributed by atoms with Crippen molar-refractivity contribution in [3.8, 4) is 17.2 Å². The molecule has 2 amide bonds. The largest absolute Gasteiger partial charge is 0.497 e. The SMILES string of the molecule is COc1ccc(C(=O)NCCN2C(=O)/C(=C/c3ccc4c(c3)OCO4)SC2=S)c(F)c1. The fourth-order valence-corrected chi connectivity index (χ4v) is 4.34. The lowest BCUT2D eigenvalue weighted by Gasteiger charge is -2.15. The second-order valence-electron chi connectivity index (χ2n) is 6.55. The summed E-state index contributed by atoms with van der Waals surface area (Å²) in [5, 5.41) is 2.61. The van der Waals surface area contributed by atoms with Crippen molar-refractivity contribution in [2.24, 2.45) is 0 Å². The average molecular weight is 461 g/mol. The number of amides is 2. The number of hydrogen-bond donors (Lipinski definition) is 1. The smallest absolute Gasteiger partial charge is 0.266 e. The maximum atomic E-state index is 14.0. The fourth-order valence-electron chi connectivity index (χ4n) is 3.03. The fraction of sp³-hybridized carbons (Fsp3) is 0.190. The molecular formula is C21H17FN2O5S2. The molecule has 0 bridgehead atoms. The van der Waals surface area contributed by atoms with Crippen LogP contribution in [0.15, 0.2) is 41.3 Å². The summed E-state index contributed by atoms with van der Waals surface area (Å²) in [5.74, 6) is 0.0838. The zero-order valence-corrected chi connectivity index (χ0v) is 18.0. The Morgan fingerprint density at radius 1 is 1.29 bits per heavy atom. The first-order chi connectivity index (χ1) is 15.0. The van der Waals surface area contributed by atoms with E-state index in [9.17, 15) is 14.0 Å². The molecule has 0 aliphatic carbocycles. The van der Waals surface area contributed by atoms with E-state index < -0.39 is 11.7 Å². The number of thiocarbonyl (C=S) groups is 1. The second kappa shape index (κ2) is 8.94. The molecule has 2 aliphatic rings. The minimum atomic E-state index is -0.686. The van der Waals surface area contributed by atoms with Gasteiger partial charge in [-0.25, -0.2) is 4.39 Å². The lowest BCUT2D eigenvalue weighted by molar-refractivity contribution is -0.122. The van der Waals surface area contributed by atoms with Gasteiger partial charge in [0.15, 0.2) is 11.5 Å². The number of benzene rings is 2. The third kappa shape index (κ3) is 4.49. The molecule has 0 aromatic heterocycles. The van der Waals surface area contributed by atoms with Gasteiger partial charge in [-0.2, -0.15) is 0 Å². The van der Waals surface area contributed by atoms with Crippen LogP contribution in [0.4, 0.5) is 4.39 Å². The third-order valence-corrected chi connectivity index (χ3v) is 5.99. The van der Waals surface area contributed by atoms with Gasteiger partial charge in [-0.15, -0.1) is 0 Å². The quantitative estimate of drug-likeness (QED) is 0.524. The zero-order valence-electron chi connectivity index (χ0n) is 16.3. The highest BCUT2D eigenvalue weighted by atomic mass is 32.2. The Bertz CT molecular complexity index is 1110. The van der Waals surface area contributed by atoms with E-state index in [0.29, 0.717) is 26.5 Å². The molecule has 31 heavy (non-hydrogen) atoms. The molecule has 1 N–H and O–H groups in total. The molecule has 0 saturated carbocycles. The molecule has 4 rings (SSSR count). The van der Waals surface area contributed by atoms with Crippen molar-refractivity contribution in [2.45, 2.75) is 0 Å². The van der Waals surface area contributed by atoms with Crippen molar-refractivity contribution in [3.63, 3.8) is 0 Å². The minimum absolute atomic E-state index is 0.103. The van der Waals surface area contributed by atoms with E-state index in [1.165, 1.54) is 35.9 Å². The van der Waals surface area contributed by atoms with E-state index in [4.69, 9.17) is 26.4 Å². The van der Waals surface area contributed by atoms with E-state index in [2.05, 4.69) is 5.32 Å². The van der Waals surface area contributed by atoms with Gasteiger partial charge >= 0.3 is 0 Å². The number of carbonyl (C=O) groups is 2. The van der Waals surface area contributed by atoms with Gasteiger partial charge in [-0.05, 0) is 35.9 Å². The number of halogens is 1. The van der Waals surface area contributed by atoms with E-state index in [0.717, 1.165) is 11.6 Å². The van der Waals surface area contributed by atoms with Crippen LogP contribution in [0.1, 0.15) is 15.9 Å². The summed E-state index contributed by atoms with van der Waals surface area (Å²) in [7, 11) is 1.41. The van der Waals surface area contributed by atoms with Crippen molar-refractivity contribution in [1.29, 1.82) is 0 Å². The second-order valence-corrected chi connectivity index (χ2v) is 8.22. The molecule has 1 saturated heterocycles. The molecule has 160 valence electrons. The Morgan fingerprint density at radius 2 is 2.10 bits per heavy atom. The Morgan fingerprint density at radius 3 is 2.87 bits per heavy atom. The lowest BCUT2D eigenvalue weighted by Crippen LogP contribution is -2.37. The van der Waals surface area contributed by atoms with Crippen molar-refractivity contribution >= 4 is 46.2 Å². The number of hydrogen-bond acceptors (Lipinski definition) is 7. The Labute approximate surface area is 187 Å². The number of ether oxygens (including phenoxy) is 3. The van der Waals surface area contributed by atoms with Crippen LogP contribution >= 0.6 is 24.0 Å². The molecular weight excluding hydrogens is 443 g/mol. The van der Waals surface area contributed by atoms with Gasteiger partial charge in [0.2, 0.25) is 6.79 Å². The number of carbonyl (C=O) groups excluding carboxylic acids is 2. The van der Waals surface area contributed by atoms with Gasteiger partial charge in [0.05, 0.1) is 17.6 Å². The first-order valence-corrected chi connectivity index (χ1v) is 10.5. The van der Waals surface area contributed by atoms with Gasteiger partial charge in [-0.3, -0.25) is 14.5 Å². The standard InChI is InChI=1S/C21H17FN2O5S2/c1-27-13-3-4-14(15(22)10-13)19(25)23-6-7-24-20(26)18(31-21(24)30)9-12-2-5-16-17(8-12)29-11-28-16/h2-5,8-10H,6-7,11H2,1H3,(H,23,25)/b18-9-. The molecule has 0 unspecified atom stereocenters. The first kappa shape index (κ1) is 21.1. The highest BCUT2D eigenvalue weighted by molar-refractivity contribution is 8.26. The number of nitrogens with one attached hydrogen (secondary N) is 1. The van der Waals surface area contributed by atoms with Crippen LogP contribution in [0.3, 0.4) is 0 Å². The number of nitrogens with zero attached hydrogens (tertiary/aromatic N) is 1. The monoisotopic (exact) mass is 460 g/mol. The van der Waals surface area contributed by atoms with Gasteiger partial charge in [0.1, 0.15) is 15.9 Å². The van der Waals surface area contributed by atoms with Crippen molar-refractivity contribution in [3.05, 3.63) is 58.2 Å². The topological polar surface area (TPSA) is 77.1 Å². The number of thioether (sulfide) groups is 1. The zero-order chi connectivity index (χ0) is 22.0. The molecule has 10 heteroatoms. The summed E-state index contributed by atoms with van der Waals surface area (Å²) in [5.41, 5.74) is 0.682. The average Bonchev–Trinajstić information content (AvgIpc) is 3.32. The van der Waals surface area contributed by atoms with Crippen molar-refractivity contribution < 1.29 is 28.2 Å². The van der Waals surface area contributed by atoms with Crippen molar-refractivity contribution in [2.75, 3.05) is 27.0 Å². The van der Waals surface area contributed by atoms with Crippen LogP contribution in [-0.4, -0.2) is 48.0 Å². The molecule has 7 nitrogen and oxygen atoms in total. The van der Waals surface area contributed by atoms with Gasteiger partial charge in [-0.1, -0.05) is 30.0 Å². The van der Waals surface area contributed by atoms with Gasteiger partial charge < -0.3 is 19.5 Å². The van der Waals surface area contributed by atoms with Gasteiger partial charge in [0.25, 0.3) is 11.8 Å². The summed E-state index contributed by atoms with van der Waals surface area (Å²) in [6.07, 6.45) is 1.73. The van der Waals surface area contributed by atoms with Gasteiger partial charge in [0, 0.05) is 19.2 Å². The minimum Gasteiger partial charge on any atom is -0.497 e. The van der Waals surface area contributed by atoms with Crippen LogP contribution < -0.4 is 19.5 Å². The highest BCUT2D eigenvalue weighted by Crippen LogP contribution is 2.36. The third-order valence-electron chi connectivity index (χ3n) is 4.61. The summed E-state index contributed by atoms with van der Waals surface area (Å²) < 4.78 is 30.0. The Kier molecular flexibility index (Phi) is 6.10. The number of fused-ring (bicyclic) bond motifs is 1. The molecule has 0 atom stereocenters. The predicted molar refractivity (Wildman–Crippen MR) is 118 cm³/mol. The molecule has 1 fully saturated rings. The molecule has 2 aromatic carbocycles. The molecule has 0 radical (unpaired) electrons. The maximum absolute atomic E-state index is 14.0. The summed E-state index contributed by atoms with van der Waals surface area (Å²) in [4.78, 5) is 26.8. The summed E-state index contributed by atoms with van der Waals surface area (Å²) in [6.45, 7) is 0.466. The van der Waals surface area contributed by atoms with Crippen LogP contribution in [0.25, 0.3) is 6.08 Å². The Balaban J connectivity index is 1.37. The molecule has 2 heterocycles. The lowest BCUT2D eigenvalue weighted by atomic mass is 10.2. The van der Waals surface area contributed by atoms with E-state index in [1.54, 1.807) is 18.2 Å². The number of rotatable bonds is 6. The molecule has 2 aromatic rings. The van der Waals surface area contributed by atoms with E-state index in [1.807, 2.05) is 6.07 Å². The van der Waals surface area contributed by atoms with Crippen LogP contribution in [0, 0.1) is 5.82 Å². The molecule has 0 spiro atoms. The summed E-state index contributed by atoms with van der Waals surface area (Å²) >= 11 is 6.49. The maximum Gasteiger partial charge on any atom is 0.266 e. The first-order valence-electron chi connectivity index (χ1n) is 9.23.